The average molecular weight is 641 g/mol. The van der Waals surface area contributed by atoms with E-state index in [1.807, 2.05) is 26.1 Å². The number of halogens is 3. The fourth-order valence-corrected chi connectivity index (χ4v) is 6.19. The highest BCUT2D eigenvalue weighted by molar-refractivity contribution is 7.92. The van der Waals surface area contributed by atoms with Crippen LogP contribution in [0.15, 0.2) is 65.6 Å². The SMILES string of the molecule is C[C@H](CO)N1C[C@H](C)[C@H](CN(C)Cc2ccc(Cl)c(Cl)c2)Oc2c(NS(=O)(=O)c3ccc(Cl)cc3)cccc2C1=O. The third kappa shape index (κ3) is 7.46. The highest BCUT2D eigenvalue weighted by atomic mass is 35.5. The van der Waals surface area contributed by atoms with E-state index in [-0.39, 0.29) is 40.3 Å². The maximum absolute atomic E-state index is 13.7. The molecule has 12 heteroatoms. The lowest BCUT2D eigenvalue weighted by atomic mass is 9.99. The standard InChI is InChI=1S/C29H32Cl3N3O5S/c1-18-14-35(19(2)17-36)29(37)23-5-4-6-26(33-41(38,39)22-10-8-21(30)9-11-22)28(23)40-27(18)16-34(3)15-20-7-12-24(31)25(32)13-20/h4-13,18-19,27,33,36H,14-17H2,1-3H3/t18-,19+,27-/m0/s1. The summed E-state index contributed by atoms with van der Waals surface area (Å²) in [6.45, 7) is 4.86. The van der Waals surface area contributed by atoms with Crippen LogP contribution in [0.1, 0.15) is 29.8 Å². The largest absolute Gasteiger partial charge is 0.486 e. The fraction of sp³-hybridized carbons (Fsp3) is 0.345. The average Bonchev–Trinajstić information content (AvgIpc) is 2.92. The second-order valence-corrected chi connectivity index (χ2v) is 13.2. The molecule has 2 N–H and O–H groups in total. The van der Waals surface area contributed by atoms with Crippen molar-refractivity contribution in [1.29, 1.82) is 0 Å². The van der Waals surface area contributed by atoms with E-state index in [1.54, 1.807) is 36.1 Å². The molecule has 0 aliphatic carbocycles. The zero-order valence-corrected chi connectivity index (χ0v) is 25.9. The van der Waals surface area contributed by atoms with Crippen molar-refractivity contribution in [3.8, 4) is 5.75 Å². The molecule has 0 saturated carbocycles. The van der Waals surface area contributed by atoms with Crippen LogP contribution >= 0.6 is 34.8 Å². The van der Waals surface area contributed by atoms with E-state index >= 15 is 0 Å². The molecule has 3 aromatic carbocycles. The lowest BCUT2D eigenvalue weighted by molar-refractivity contribution is 0.0344. The van der Waals surface area contributed by atoms with E-state index in [0.29, 0.717) is 34.7 Å². The van der Waals surface area contributed by atoms with Gasteiger partial charge in [0, 0.05) is 30.6 Å². The summed E-state index contributed by atoms with van der Waals surface area (Å²) in [6.07, 6.45) is -0.441. The summed E-state index contributed by atoms with van der Waals surface area (Å²) in [6, 6.07) is 15.5. The number of rotatable bonds is 9. The minimum absolute atomic E-state index is 0.0125. The summed E-state index contributed by atoms with van der Waals surface area (Å²) in [5.41, 5.74) is 1.29. The Balaban J connectivity index is 1.70. The van der Waals surface area contributed by atoms with Crippen LogP contribution in [0.5, 0.6) is 5.75 Å². The van der Waals surface area contributed by atoms with Crippen molar-refractivity contribution in [2.24, 2.45) is 5.92 Å². The van der Waals surface area contributed by atoms with Gasteiger partial charge in [-0.25, -0.2) is 8.42 Å². The molecule has 3 atom stereocenters. The summed E-state index contributed by atoms with van der Waals surface area (Å²) in [5.74, 6) is -0.397. The molecule has 0 radical (unpaired) electrons. The Kier molecular flexibility index (Phi) is 10.1. The predicted octanol–water partition coefficient (Wildman–Crippen LogP) is 5.80. The lowest BCUT2D eigenvalue weighted by Gasteiger charge is -2.38. The highest BCUT2D eigenvalue weighted by Crippen LogP contribution is 2.36. The first-order chi connectivity index (χ1) is 19.4. The Morgan fingerprint density at radius 1 is 1.10 bits per heavy atom. The first kappa shape index (κ1) is 31.4. The second-order valence-electron chi connectivity index (χ2n) is 10.3. The number of sulfonamides is 1. The predicted molar refractivity (Wildman–Crippen MR) is 163 cm³/mol. The quantitative estimate of drug-likeness (QED) is 0.307. The Morgan fingerprint density at radius 2 is 1.80 bits per heavy atom. The molecule has 1 aliphatic rings. The van der Waals surface area contributed by atoms with Gasteiger partial charge in [-0.3, -0.25) is 14.4 Å². The molecule has 220 valence electrons. The molecule has 1 aliphatic heterocycles. The molecule has 8 nitrogen and oxygen atoms in total. The number of para-hydroxylation sites is 1. The summed E-state index contributed by atoms with van der Waals surface area (Å²) < 4.78 is 35.6. The Labute approximate surface area is 255 Å². The van der Waals surface area contributed by atoms with E-state index < -0.39 is 22.2 Å². The number of hydrogen-bond acceptors (Lipinski definition) is 6. The number of likely N-dealkylation sites (N-methyl/N-ethyl adjacent to an activating group) is 1. The zero-order valence-electron chi connectivity index (χ0n) is 22.9. The van der Waals surface area contributed by atoms with Crippen molar-refractivity contribution < 1.29 is 23.1 Å². The van der Waals surface area contributed by atoms with Crippen LogP contribution in [0.25, 0.3) is 0 Å². The number of anilines is 1. The number of benzene rings is 3. The summed E-state index contributed by atoms with van der Waals surface area (Å²) in [5, 5.41) is 11.3. The van der Waals surface area contributed by atoms with Gasteiger partial charge in [0.2, 0.25) is 0 Å². The molecule has 0 saturated heterocycles. The third-order valence-electron chi connectivity index (χ3n) is 6.99. The molecule has 4 rings (SSSR count). The monoisotopic (exact) mass is 639 g/mol. The molecule has 0 unspecified atom stereocenters. The minimum atomic E-state index is -4.03. The fourth-order valence-electron chi connectivity index (χ4n) is 4.68. The molecule has 1 heterocycles. The highest BCUT2D eigenvalue weighted by Gasteiger charge is 2.35. The first-order valence-electron chi connectivity index (χ1n) is 13.0. The van der Waals surface area contributed by atoms with Crippen LogP contribution in [-0.2, 0) is 16.6 Å². The summed E-state index contributed by atoms with van der Waals surface area (Å²) >= 11 is 18.2. The normalized spacial score (nSPS) is 18.3. The molecular formula is C29H32Cl3N3O5S. The minimum Gasteiger partial charge on any atom is -0.486 e. The van der Waals surface area contributed by atoms with Crippen molar-refractivity contribution >= 4 is 56.4 Å². The van der Waals surface area contributed by atoms with Gasteiger partial charge in [-0.05, 0) is 68.1 Å². The van der Waals surface area contributed by atoms with Crippen LogP contribution < -0.4 is 9.46 Å². The van der Waals surface area contributed by atoms with Crippen molar-refractivity contribution in [3.05, 3.63) is 86.9 Å². The molecule has 0 fully saturated rings. The van der Waals surface area contributed by atoms with Gasteiger partial charge in [-0.1, -0.05) is 53.9 Å². The van der Waals surface area contributed by atoms with Gasteiger partial charge in [0.25, 0.3) is 15.9 Å². The molecule has 0 bridgehead atoms. The third-order valence-corrected chi connectivity index (χ3v) is 9.36. The topological polar surface area (TPSA) is 99.2 Å². The molecular weight excluding hydrogens is 609 g/mol. The van der Waals surface area contributed by atoms with E-state index in [4.69, 9.17) is 39.5 Å². The number of hydrogen-bond donors (Lipinski definition) is 2. The summed E-state index contributed by atoms with van der Waals surface area (Å²) in [4.78, 5) is 17.4. The Hall–Kier alpha value is -2.53. The van der Waals surface area contributed by atoms with Crippen LogP contribution in [0.3, 0.4) is 0 Å². The Morgan fingerprint density at radius 3 is 2.46 bits per heavy atom. The van der Waals surface area contributed by atoms with Gasteiger partial charge in [-0.2, -0.15) is 0 Å². The van der Waals surface area contributed by atoms with E-state index in [0.717, 1.165) is 5.56 Å². The number of ether oxygens (including phenoxy) is 1. The maximum atomic E-state index is 13.7. The van der Waals surface area contributed by atoms with E-state index in [9.17, 15) is 18.3 Å². The number of aliphatic hydroxyl groups is 1. The van der Waals surface area contributed by atoms with E-state index in [2.05, 4.69) is 9.62 Å². The number of nitrogens with zero attached hydrogens (tertiary/aromatic N) is 2. The van der Waals surface area contributed by atoms with Gasteiger partial charge < -0.3 is 14.7 Å². The molecule has 0 aromatic heterocycles. The number of nitrogens with one attached hydrogen (secondary N) is 1. The van der Waals surface area contributed by atoms with Crippen LogP contribution in [0.2, 0.25) is 15.1 Å². The number of amides is 1. The zero-order chi connectivity index (χ0) is 29.9. The molecule has 1 amide bonds. The van der Waals surface area contributed by atoms with Gasteiger partial charge >= 0.3 is 0 Å². The summed E-state index contributed by atoms with van der Waals surface area (Å²) in [7, 11) is -2.09. The number of fused-ring (bicyclic) bond motifs is 1. The Bertz CT molecular complexity index is 1500. The van der Waals surface area contributed by atoms with E-state index in [1.165, 1.54) is 24.3 Å². The second kappa shape index (κ2) is 13.2. The smallest absolute Gasteiger partial charge is 0.262 e. The van der Waals surface area contributed by atoms with Crippen molar-refractivity contribution in [1.82, 2.24) is 9.80 Å². The molecule has 3 aromatic rings. The van der Waals surface area contributed by atoms with Crippen LogP contribution in [0.4, 0.5) is 5.69 Å². The number of carbonyl (C=O) groups excluding carboxylic acids is 1. The molecule has 41 heavy (non-hydrogen) atoms. The lowest BCUT2D eigenvalue weighted by Crippen LogP contribution is -2.49. The van der Waals surface area contributed by atoms with Gasteiger partial charge in [0.1, 0.15) is 6.10 Å². The van der Waals surface area contributed by atoms with Gasteiger partial charge in [-0.15, -0.1) is 0 Å². The first-order valence-corrected chi connectivity index (χ1v) is 15.6. The molecule has 0 spiro atoms. The van der Waals surface area contributed by atoms with Gasteiger partial charge in [0.05, 0.1) is 38.8 Å². The maximum Gasteiger partial charge on any atom is 0.262 e. The number of carbonyl (C=O) groups is 1. The van der Waals surface area contributed by atoms with Crippen molar-refractivity contribution in [2.45, 2.75) is 37.4 Å². The van der Waals surface area contributed by atoms with Crippen molar-refractivity contribution in [3.63, 3.8) is 0 Å². The van der Waals surface area contributed by atoms with Gasteiger partial charge in [0.15, 0.2) is 5.75 Å². The van der Waals surface area contributed by atoms with Crippen LogP contribution in [0, 0.1) is 5.92 Å². The van der Waals surface area contributed by atoms with Crippen molar-refractivity contribution in [2.75, 3.05) is 31.5 Å². The van der Waals surface area contributed by atoms with Crippen LogP contribution in [-0.4, -0.2) is 68.1 Å². The number of aliphatic hydroxyl groups excluding tert-OH is 1.